The molecule has 25 heavy (non-hydrogen) atoms. The fraction of sp³-hybridized carbons (Fsp3) is 0.579. The highest BCUT2D eigenvalue weighted by atomic mass is 16.6. The number of rotatable bonds is 8. The van der Waals surface area contributed by atoms with E-state index in [4.69, 9.17) is 9.47 Å². The van der Waals surface area contributed by atoms with Crippen molar-refractivity contribution in [3.05, 3.63) is 35.4 Å². The number of nitrogens with one attached hydrogen (secondary N) is 2. The van der Waals surface area contributed by atoms with Crippen molar-refractivity contribution in [2.45, 2.75) is 65.9 Å². The van der Waals surface area contributed by atoms with Gasteiger partial charge in [0.25, 0.3) is 0 Å². The third-order valence-electron chi connectivity index (χ3n) is 3.08. The summed E-state index contributed by atoms with van der Waals surface area (Å²) >= 11 is 0. The topological polar surface area (TPSA) is 76.7 Å². The van der Waals surface area contributed by atoms with Gasteiger partial charge in [0.15, 0.2) is 0 Å². The van der Waals surface area contributed by atoms with E-state index in [1.54, 1.807) is 20.8 Å². The molecule has 0 bridgehead atoms. The normalized spacial score (nSPS) is 11.3. The van der Waals surface area contributed by atoms with Gasteiger partial charge in [-0.1, -0.05) is 24.3 Å². The van der Waals surface area contributed by atoms with Crippen LogP contribution in [0.4, 0.5) is 4.79 Å². The maximum atomic E-state index is 11.9. The molecule has 2 N–H and O–H groups in total. The molecular formula is C19H30N2O4. The van der Waals surface area contributed by atoms with Crippen molar-refractivity contribution in [3.63, 3.8) is 0 Å². The van der Waals surface area contributed by atoms with Crippen LogP contribution in [-0.4, -0.2) is 30.3 Å². The minimum absolute atomic E-state index is 0.125. The molecular weight excluding hydrogens is 320 g/mol. The highest BCUT2D eigenvalue weighted by Crippen LogP contribution is 2.08. The quantitative estimate of drug-likeness (QED) is 0.755. The van der Waals surface area contributed by atoms with Gasteiger partial charge in [0.2, 0.25) is 5.91 Å². The number of hydrogen-bond donors (Lipinski definition) is 2. The summed E-state index contributed by atoms with van der Waals surface area (Å²) in [5, 5.41) is 5.41. The molecule has 140 valence electrons. The lowest BCUT2D eigenvalue weighted by Gasteiger charge is -2.19. The van der Waals surface area contributed by atoms with E-state index >= 15 is 0 Å². The molecule has 0 saturated carbocycles. The molecule has 6 nitrogen and oxygen atoms in total. The van der Waals surface area contributed by atoms with Gasteiger partial charge < -0.3 is 20.1 Å². The lowest BCUT2D eigenvalue weighted by Crippen LogP contribution is -2.35. The number of hydrogen-bond acceptors (Lipinski definition) is 4. The maximum Gasteiger partial charge on any atom is 0.407 e. The van der Waals surface area contributed by atoms with Gasteiger partial charge in [-0.15, -0.1) is 0 Å². The summed E-state index contributed by atoms with van der Waals surface area (Å²) in [5.41, 5.74) is 1.54. The molecule has 2 amide bonds. The molecule has 0 heterocycles. The maximum absolute atomic E-state index is 11.9. The van der Waals surface area contributed by atoms with Gasteiger partial charge in [0.05, 0.1) is 12.7 Å². The lowest BCUT2D eigenvalue weighted by molar-refractivity contribution is -0.121. The summed E-state index contributed by atoms with van der Waals surface area (Å²) in [7, 11) is 0. The van der Waals surface area contributed by atoms with E-state index < -0.39 is 11.7 Å². The Labute approximate surface area is 150 Å². The van der Waals surface area contributed by atoms with Crippen molar-refractivity contribution in [1.82, 2.24) is 10.6 Å². The van der Waals surface area contributed by atoms with Gasteiger partial charge in [-0.05, 0) is 45.7 Å². The molecule has 0 aliphatic rings. The summed E-state index contributed by atoms with van der Waals surface area (Å²) < 4.78 is 10.7. The predicted molar refractivity (Wildman–Crippen MR) is 97.1 cm³/mol. The molecule has 1 aromatic carbocycles. The summed E-state index contributed by atoms with van der Waals surface area (Å²) in [5.74, 6) is -0.125. The van der Waals surface area contributed by atoms with Crippen LogP contribution >= 0.6 is 0 Å². The average molecular weight is 350 g/mol. The number of carbonyl (C=O) groups is 2. The Kier molecular flexibility index (Phi) is 8.41. The first-order valence-electron chi connectivity index (χ1n) is 8.58. The molecule has 0 fully saturated rings. The molecule has 0 spiro atoms. The van der Waals surface area contributed by atoms with Crippen LogP contribution in [0.25, 0.3) is 0 Å². The number of benzene rings is 1. The summed E-state index contributed by atoms with van der Waals surface area (Å²) in [4.78, 5) is 23.3. The third-order valence-corrected chi connectivity index (χ3v) is 3.08. The zero-order valence-electron chi connectivity index (χ0n) is 15.8. The second-order valence-corrected chi connectivity index (χ2v) is 7.14. The first kappa shape index (κ1) is 21.0. The van der Waals surface area contributed by atoms with Crippen LogP contribution in [0.15, 0.2) is 24.3 Å². The molecule has 1 aromatic rings. The number of amides is 2. The second-order valence-electron chi connectivity index (χ2n) is 7.14. The van der Waals surface area contributed by atoms with E-state index in [-0.39, 0.29) is 25.0 Å². The van der Waals surface area contributed by atoms with Crippen molar-refractivity contribution >= 4 is 12.0 Å². The van der Waals surface area contributed by atoms with E-state index in [2.05, 4.69) is 10.6 Å². The fourth-order valence-corrected chi connectivity index (χ4v) is 1.97. The van der Waals surface area contributed by atoms with E-state index in [1.165, 1.54) is 0 Å². The monoisotopic (exact) mass is 350 g/mol. The van der Waals surface area contributed by atoms with Crippen molar-refractivity contribution in [1.29, 1.82) is 0 Å². The van der Waals surface area contributed by atoms with Crippen LogP contribution in [0.5, 0.6) is 0 Å². The van der Waals surface area contributed by atoms with Crippen LogP contribution in [-0.2, 0) is 27.4 Å². The van der Waals surface area contributed by atoms with Gasteiger partial charge in [-0.2, -0.15) is 0 Å². The number of carbonyl (C=O) groups excluding carboxylic acids is 2. The van der Waals surface area contributed by atoms with Gasteiger partial charge in [-0.3, -0.25) is 4.79 Å². The zero-order valence-corrected chi connectivity index (χ0v) is 15.8. The van der Waals surface area contributed by atoms with Gasteiger partial charge in [-0.25, -0.2) is 4.79 Å². The Balaban J connectivity index is 2.30. The second kappa shape index (κ2) is 10.0. The van der Waals surface area contributed by atoms with Crippen LogP contribution in [0.2, 0.25) is 0 Å². The average Bonchev–Trinajstić information content (AvgIpc) is 2.49. The van der Waals surface area contributed by atoms with Crippen LogP contribution in [0, 0.1) is 0 Å². The number of ether oxygens (including phenoxy) is 2. The van der Waals surface area contributed by atoms with Crippen molar-refractivity contribution in [3.8, 4) is 0 Å². The van der Waals surface area contributed by atoms with E-state index in [0.29, 0.717) is 13.2 Å². The first-order valence-corrected chi connectivity index (χ1v) is 8.58. The van der Waals surface area contributed by atoms with Crippen LogP contribution < -0.4 is 10.6 Å². The third kappa shape index (κ3) is 10.4. The molecule has 0 aliphatic heterocycles. The Morgan fingerprint density at radius 3 is 2.44 bits per heavy atom. The molecule has 0 saturated heterocycles. The zero-order chi connectivity index (χ0) is 18.9. The predicted octanol–water partition coefficient (Wildman–Crippen LogP) is 3.14. The molecule has 0 atom stereocenters. The standard InChI is InChI=1S/C19H30N2O4/c1-14(2)24-13-16-8-6-7-15(11-16)12-21-17(22)9-10-20-18(23)25-19(3,4)5/h6-8,11,14H,9-10,12-13H2,1-5H3,(H,20,23)(H,21,22). The molecule has 0 unspecified atom stereocenters. The van der Waals surface area contributed by atoms with Crippen LogP contribution in [0.1, 0.15) is 52.2 Å². The minimum Gasteiger partial charge on any atom is -0.444 e. The van der Waals surface area contributed by atoms with E-state index in [1.807, 2.05) is 38.1 Å². The molecule has 0 aromatic heterocycles. The van der Waals surface area contributed by atoms with Crippen molar-refractivity contribution in [2.75, 3.05) is 6.54 Å². The Morgan fingerprint density at radius 1 is 1.12 bits per heavy atom. The molecule has 0 aliphatic carbocycles. The SMILES string of the molecule is CC(C)OCc1cccc(CNC(=O)CCNC(=O)OC(C)(C)C)c1. The van der Waals surface area contributed by atoms with Gasteiger partial charge >= 0.3 is 6.09 Å². The minimum atomic E-state index is -0.545. The molecule has 0 radical (unpaired) electrons. The molecule has 6 heteroatoms. The summed E-state index contributed by atoms with van der Waals surface area (Å²) in [6, 6.07) is 7.92. The van der Waals surface area contributed by atoms with E-state index in [9.17, 15) is 9.59 Å². The smallest absolute Gasteiger partial charge is 0.407 e. The van der Waals surface area contributed by atoms with Crippen molar-refractivity contribution < 1.29 is 19.1 Å². The van der Waals surface area contributed by atoms with Crippen LogP contribution in [0.3, 0.4) is 0 Å². The highest BCUT2D eigenvalue weighted by molar-refractivity contribution is 5.77. The summed E-state index contributed by atoms with van der Waals surface area (Å²) in [6.07, 6.45) is -0.131. The Bertz CT molecular complexity index is 565. The lowest BCUT2D eigenvalue weighted by atomic mass is 10.1. The number of alkyl carbamates (subject to hydrolysis) is 1. The Hall–Kier alpha value is -2.08. The largest absolute Gasteiger partial charge is 0.444 e. The van der Waals surface area contributed by atoms with E-state index in [0.717, 1.165) is 11.1 Å². The first-order chi connectivity index (χ1) is 11.7. The van der Waals surface area contributed by atoms with Crippen molar-refractivity contribution in [2.24, 2.45) is 0 Å². The fourth-order valence-electron chi connectivity index (χ4n) is 1.97. The van der Waals surface area contributed by atoms with Gasteiger partial charge in [0, 0.05) is 19.5 Å². The highest BCUT2D eigenvalue weighted by Gasteiger charge is 2.15. The van der Waals surface area contributed by atoms with Gasteiger partial charge in [0.1, 0.15) is 5.60 Å². The Morgan fingerprint density at radius 2 is 1.80 bits per heavy atom. The summed E-state index contributed by atoms with van der Waals surface area (Å²) in [6.45, 7) is 10.6. The molecule has 1 rings (SSSR count).